The molecule has 0 spiro atoms. The fourth-order valence-corrected chi connectivity index (χ4v) is 4.38. The van der Waals surface area contributed by atoms with E-state index in [4.69, 9.17) is 0 Å². The Bertz CT molecular complexity index is 679. The SMILES string of the molecule is CCN(C(C)(C)c1ccccc1)S(=O)(=O)c1ccccc1. The van der Waals surface area contributed by atoms with Crippen molar-refractivity contribution in [2.45, 2.75) is 31.2 Å². The topological polar surface area (TPSA) is 37.4 Å². The van der Waals surface area contributed by atoms with Crippen molar-refractivity contribution in [3.8, 4) is 0 Å². The zero-order chi connectivity index (χ0) is 15.5. The minimum absolute atomic E-state index is 0.329. The lowest BCUT2D eigenvalue weighted by Crippen LogP contribution is -2.45. The lowest BCUT2D eigenvalue weighted by atomic mass is 9.94. The van der Waals surface area contributed by atoms with Crippen LogP contribution in [0.15, 0.2) is 65.6 Å². The molecule has 0 fully saturated rings. The quantitative estimate of drug-likeness (QED) is 0.846. The molecule has 2 aromatic rings. The van der Waals surface area contributed by atoms with Crippen LogP contribution in [0.25, 0.3) is 0 Å². The molecule has 0 radical (unpaired) electrons. The molecule has 0 N–H and O–H groups in total. The maximum absolute atomic E-state index is 12.9. The monoisotopic (exact) mass is 303 g/mol. The zero-order valence-electron chi connectivity index (χ0n) is 12.7. The Morgan fingerprint density at radius 2 is 1.38 bits per heavy atom. The maximum atomic E-state index is 12.9. The molecule has 0 saturated carbocycles. The van der Waals surface area contributed by atoms with Gasteiger partial charge in [0.25, 0.3) is 0 Å². The second-order valence-electron chi connectivity index (χ2n) is 5.41. The highest BCUT2D eigenvalue weighted by atomic mass is 32.2. The molecular formula is C17H21NO2S. The summed E-state index contributed by atoms with van der Waals surface area (Å²) in [5.74, 6) is 0. The minimum atomic E-state index is -3.52. The Morgan fingerprint density at radius 3 is 1.86 bits per heavy atom. The van der Waals surface area contributed by atoms with Crippen LogP contribution in [-0.2, 0) is 15.6 Å². The Balaban J connectivity index is 2.49. The molecule has 0 aliphatic rings. The Kier molecular flexibility index (Phi) is 4.49. The lowest BCUT2D eigenvalue weighted by Gasteiger charge is -2.37. The molecule has 0 atom stereocenters. The second-order valence-corrected chi connectivity index (χ2v) is 7.27. The Labute approximate surface area is 127 Å². The summed E-state index contributed by atoms with van der Waals surface area (Å²) in [5.41, 5.74) is 0.372. The molecular weight excluding hydrogens is 282 g/mol. The van der Waals surface area contributed by atoms with Gasteiger partial charge in [-0.05, 0) is 31.5 Å². The highest BCUT2D eigenvalue weighted by Gasteiger charge is 2.37. The largest absolute Gasteiger partial charge is 0.243 e. The number of nitrogens with zero attached hydrogens (tertiary/aromatic N) is 1. The first-order valence-electron chi connectivity index (χ1n) is 7.04. The fourth-order valence-electron chi connectivity index (χ4n) is 2.58. The molecule has 0 saturated heterocycles. The van der Waals surface area contributed by atoms with Crippen molar-refractivity contribution < 1.29 is 8.42 Å². The molecule has 21 heavy (non-hydrogen) atoms. The van der Waals surface area contributed by atoms with Crippen LogP contribution >= 0.6 is 0 Å². The Morgan fingerprint density at radius 1 is 0.905 bits per heavy atom. The molecule has 0 aliphatic carbocycles. The molecule has 0 aliphatic heterocycles. The molecule has 112 valence electrons. The summed E-state index contributed by atoms with van der Waals surface area (Å²) in [6.07, 6.45) is 0. The van der Waals surface area contributed by atoms with E-state index in [0.717, 1.165) is 5.56 Å². The average Bonchev–Trinajstić information content (AvgIpc) is 2.49. The van der Waals surface area contributed by atoms with E-state index in [0.29, 0.717) is 11.4 Å². The summed E-state index contributed by atoms with van der Waals surface area (Å²) in [6.45, 7) is 6.16. The predicted octanol–water partition coefficient (Wildman–Crippen LogP) is 3.63. The van der Waals surface area contributed by atoms with Crippen LogP contribution in [0.2, 0.25) is 0 Å². The van der Waals surface area contributed by atoms with E-state index in [1.54, 1.807) is 28.6 Å². The van der Waals surface area contributed by atoms with E-state index in [2.05, 4.69) is 0 Å². The van der Waals surface area contributed by atoms with Crippen molar-refractivity contribution in [3.05, 3.63) is 66.2 Å². The number of sulfonamides is 1. The van der Waals surface area contributed by atoms with Crippen LogP contribution in [0.4, 0.5) is 0 Å². The van der Waals surface area contributed by atoms with Crippen LogP contribution in [0.3, 0.4) is 0 Å². The van der Waals surface area contributed by atoms with Crippen molar-refractivity contribution in [1.29, 1.82) is 0 Å². The van der Waals surface area contributed by atoms with E-state index >= 15 is 0 Å². The smallest absolute Gasteiger partial charge is 0.207 e. The highest BCUT2D eigenvalue weighted by molar-refractivity contribution is 7.89. The molecule has 0 bridgehead atoms. The second kappa shape index (κ2) is 6.00. The number of hydrogen-bond acceptors (Lipinski definition) is 2. The number of hydrogen-bond donors (Lipinski definition) is 0. The summed E-state index contributed by atoms with van der Waals surface area (Å²) < 4.78 is 27.4. The molecule has 0 heterocycles. The van der Waals surface area contributed by atoms with Gasteiger partial charge in [-0.2, -0.15) is 4.31 Å². The normalized spacial score (nSPS) is 12.6. The lowest BCUT2D eigenvalue weighted by molar-refractivity contribution is 0.239. The van der Waals surface area contributed by atoms with Gasteiger partial charge in [-0.25, -0.2) is 8.42 Å². The predicted molar refractivity (Wildman–Crippen MR) is 85.5 cm³/mol. The van der Waals surface area contributed by atoms with Gasteiger partial charge in [0.1, 0.15) is 0 Å². The fraction of sp³-hybridized carbons (Fsp3) is 0.294. The van der Waals surface area contributed by atoms with Gasteiger partial charge in [0, 0.05) is 6.54 Å². The third-order valence-corrected chi connectivity index (χ3v) is 5.88. The van der Waals surface area contributed by atoms with Crippen molar-refractivity contribution in [2.24, 2.45) is 0 Å². The third kappa shape index (κ3) is 3.01. The third-order valence-electron chi connectivity index (χ3n) is 3.72. The van der Waals surface area contributed by atoms with Crippen LogP contribution in [0, 0.1) is 0 Å². The van der Waals surface area contributed by atoms with E-state index in [1.807, 2.05) is 57.2 Å². The van der Waals surface area contributed by atoms with Gasteiger partial charge in [0.05, 0.1) is 10.4 Å². The molecule has 0 amide bonds. The van der Waals surface area contributed by atoms with E-state index in [-0.39, 0.29) is 0 Å². The molecule has 4 heteroatoms. The standard InChI is InChI=1S/C17H21NO2S/c1-4-18(17(2,3)15-11-7-5-8-12-15)21(19,20)16-13-9-6-10-14-16/h5-14H,4H2,1-3H3. The van der Waals surface area contributed by atoms with Crippen molar-refractivity contribution in [1.82, 2.24) is 4.31 Å². The first-order chi connectivity index (χ1) is 9.90. The molecule has 0 aromatic heterocycles. The summed E-state index contributed by atoms with van der Waals surface area (Å²) in [4.78, 5) is 0.329. The van der Waals surface area contributed by atoms with Crippen molar-refractivity contribution >= 4 is 10.0 Å². The number of benzene rings is 2. The van der Waals surface area contributed by atoms with Gasteiger partial charge in [-0.3, -0.25) is 0 Å². The summed E-state index contributed by atoms with van der Waals surface area (Å²) in [6, 6.07) is 18.3. The number of rotatable bonds is 5. The van der Waals surface area contributed by atoms with Crippen LogP contribution in [0.5, 0.6) is 0 Å². The van der Waals surface area contributed by atoms with Crippen LogP contribution in [-0.4, -0.2) is 19.3 Å². The minimum Gasteiger partial charge on any atom is -0.207 e. The van der Waals surface area contributed by atoms with Gasteiger partial charge in [0.15, 0.2) is 0 Å². The van der Waals surface area contributed by atoms with Gasteiger partial charge in [0.2, 0.25) is 10.0 Å². The molecule has 0 unspecified atom stereocenters. The van der Waals surface area contributed by atoms with Crippen LogP contribution in [0.1, 0.15) is 26.3 Å². The van der Waals surface area contributed by atoms with E-state index in [9.17, 15) is 8.42 Å². The molecule has 2 aromatic carbocycles. The van der Waals surface area contributed by atoms with Crippen molar-refractivity contribution in [2.75, 3.05) is 6.54 Å². The zero-order valence-corrected chi connectivity index (χ0v) is 13.5. The van der Waals surface area contributed by atoms with Crippen LogP contribution < -0.4 is 0 Å². The summed E-state index contributed by atoms with van der Waals surface area (Å²) in [5, 5.41) is 0. The molecule has 3 nitrogen and oxygen atoms in total. The Hall–Kier alpha value is -1.65. The summed E-state index contributed by atoms with van der Waals surface area (Å²) in [7, 11) is -3.52. The van der Waals surface area contributed by atoms with Gasteiger partial charge >= 0.3 is 0 Å². The van der Waals surface area contributed by atoms with Crippen molar-refractivity contribution in [3.63, 3.8) is 0 Å². The highest BCUT2D eigenvalue weighted by Crippen LogP contribution is 2.32. The van der Waals surface area contributed by atoms with E-state index in [1.165, 1.54) is 0 Å². The van der Waals surface area contributed by atoms with Gasteiger partial charge in [-0.15, -0.1) is 0 Å². The first kappa shape index (κ1) is 15.7. The van der Waals surface area contributed by atoms with Gasteiger partial charge in [-0.1, -0.05) is 55.5 Å². The maximum Gasteiger partial charge on any atom is 0.243 e. The first-order valence-corrected chi connectivity index (χ1v) is 8.48. The molecule has 2 rings (SSSR count). The summed E-state index contributed by atoms with van der Waals surface area (Å²) >= 11 is 0. The van der Waals surface area contributed by atoms with E-state index < -0.39 is 15.6 Å². The average molecular weight is 303 g/mol. The van der Waals surface area contributed by atoms with Gasteiger partial charge < -0.3 is 0 Å².